The number of hydrogen-bond donors (Lipinski definition) is 3. The highest BCUT2D eigenvalue weighted by Crippen LogP contribution is 2.26. The van der Waals surface area contributed by atoms with Crippen LogP contribution in [0, 0.1) is 5.82 Å². The van der Waals surface area contributed by atoms with Crippen LogP contribution in [-0.4, -0.2) is 11.7 Å². The lowest BCUT2D eigenvalue weighted by molar-refractivity contribution is 0.268. The first-order chi connectivity index (χ1) is 6.06. The average molecular weight is 205 g/mol. The molecule has 13 heavy (non-hydrogen) atoms. The maximum Gasteiger partial charge on any atom is 0.146 e. The van der Waals surface area contributed by atoms with Crippen molar-refractivity contribution >= 4 is 17.3 Å². The molecule has 5 heteroatoms. The van der Waals surface area contributed by atoms with E-state index in [-0.39, 0.29) is 17.3 Å². The first-order valence-electron chi connectivity index (χ1n) is 3.67. The van der Waals surface area contributed by atoms with Crippen molar-refractivity contribution < 1.29 is 9.50 Å². The Morgan fingerprint density at radius 2 is 2.15 bits per heavy atom. The summed E-state index contributed by atoms with van der Waals surface area (Å²) in [6, 6.07) is 1.74. The SMILES string of the molecule is Nc1cc(Cl)c([C@@H](N)CO)cc1F. The van der Waals surface area contributed by atoms with Crippen LogP contribution in [0.1, 0.15) is 11.6 Å². The molecule has 0 aliphatic carbocycles. The molecule has 0 saturated carbocycles. The Labute approximate surface area is 80.1 Å². The molecule has 1 aromatic rings. The maximum absolute atomic E-state index is 12.9. The number of rotatable bonds is 2. The number of halogens is 2. The fourth-order valence-corrected chi connectivity index (χ4v) is 1.27. The van der Waals surface area contributed by atoms with Gasteiger partial charge in [0.2, 0.25) is 0 Å². The Balaban J connectivity index is 3.15. The molecule has 1 atom stereocenters. The van der Waals surface area contributed by atoms with Crippen molar-refractivity contribution in [2.24, 2.45) is 5.73 Å². The van der Waals surface area contributed by atoms with Crippen LogP contribution in [0.3, 0.4) is 0 Å². The summed E-state index contributed by atoms with van der Waals surface area (Å²) in [5, 5.41) is 9.00. The van der Waals surface area contributed by atoms with Crippen LogP contribution in [0.5, 0.6) is 0 Å². The van der Waals surface area contributed by atoms with Crippen molar-refractivity contribution in [3.63, 3.8) is 0 Å². The van der Waals surface area contributed by atoms with E-state index < -0.39 is 11.9 Å². The lowest BCUT2D eigenvalue weighted by Crippen LogP contribution is -2.15. The smallest absolute Gasteiger partial charge is 0.146 e. The van der Waals surface area contributed by atoms with E-state index in [2.05, 4.69) is 0 Å². The van der Waals surface area contributed by atoms with Gasteiger partial charge >= 0.3 is 0 Å². The van der Waals surface area contributed by atoms with Crippen LogP contribution in [0.25, 0.3) is 0 Å². The number of benzene rings is 1. The van der Waals surface area contributed by atoms with Crippen molar-refractivity contribution in [1.29, 1.82) is 0 Å². The van der Waals surface area contributed by atoms with Crippen LogP contribution >= 0.6 is 11.6 Å². The fourth-order valence-electron chi connectivity index (χ4n) is 0.960. The molecule has 3 nitrogen and oxygen atoms in total. The van der Waals surface area contributed by atoms with Gasteiger partial charge in [-0.15, -0.1) is 0 Å². The van der Waals surface area contributed by atoms with Gasteiger partial charge in [-0.2, -0.15) is 0 Å². The standard InChI is InChI=1S/C8H10ClFN2O/c9-5-2-7(11)6(10)1-4(5)8(12)3-13/h1-2,8,13H,3,11-12H2/t8-/m0/s1. The highest BCUT2D eigenvalue weighted by Gasteiger charge is 2.12. The second kappa shape index (κ2) is 3.91. The normalized spacial score (nSPS) is 12.9. The molecule has 0 bridgehead atoms. The molecule has 72 valence electrons. The Bertz CT molecular complexity index is 319. The zero-order valence-electron chi connectivity index (χ0n) is 6.80. The quantitative estimate of drug-likeness (QED) is 0.631. The first kappa shape index (κ1) is 10.2. The van der Waals surface area contributed by atoms with Crippen molar-refractivity contribution in [2.45, 2.75) is 6.04 Å². The average Bonchev–Trinajstić information content (AvgIpc) is 2.10. The minimum atomic E-state index is -0.678. The van der Waals surface area contributed by atoms with Gasteiger partial charge in [0.1, 0.15) is 5.82 Å². The van der Waals surface area contributed by atoms with Crippen LogP contribution < -0.4 is 11.5 Å². The molecule has 5 N–H and O–H groups in total. The minimum absolute atomic E-state index is 0.0288. The predicted molar refractivity (Wildman–Crippen MR) is 49.8 cm³/mol. The maximum atomic E-state index is 12.9. The van der Waals surface area contributed by atoms with Gasteiger partial charge in [-0.25, -0.2) is 4.39 Å². The Hall–Kier alpha value is -0.840. The van der Waals surface area contributed by atoms with Crippen molar-refractivity contribution in [1.82, 2.24) is 0 Å². The Morgan fingerprint density at radius 1 is 1.54 bits per heavy atom. The van der Waals surface area contributed by atoms with E-state index >= 15 is 0 Å². The molecule has 0 fully saturated rings. The van der Waals surface area contributed by atoms with Crippen molar-refractivity contribution in [3.8, 4) is 0 Å². The van der Waals surface area contributed by atoms with Gasteiger partial charge in [0.05, 0.1) is 18.3 Å². The van der Waals surface area contributed by atoms with E-state index in [4.69, 9.17) is 28.2 Å². The number of nitrogens with two attached hydrogens (primary N) is 2. The zero-order chi connectivity index (χ0) is 10.0. The predicted octanol–water partition coefficient (Wildman–Crippen LogP) is 1.05. The van der Waals surface area contributed by atoms with E-state index in [1.807, 2.05) is 0 Å². The fraction of sp³-hybridized carbons (Fsp3) is 0.250. The summed E-state index contributed by atoms with van der Waals surface area (Å²) in [6.45, 7) is -0.289. The second-order valence-corrected chi connectivity index (χ2v) is 3.09. The third-order valence-corrected chi connectivity index (χ3v) is 2.04. The molecule has 0 heterocycles. The first-order valence-corrected chi connectivity index (χ1v) is 4.05. The molecule has 0 saturated heterocycles. The number of nitrogen functional groups attached to an aromatic ring is 1. The Kier molecular flexibility index (Phi) is 3.08. The molecule has 1 aromatic carbocycles. The number of hydrogen-bond acceptors (Lipinski definition) is 3. The van der Waals surface area contributed by atoms with Gasteiger partial charge in [-0.1, -0.05) is 11.6 Å². The second-order valence-electron chi connectivity index (χ2n) is 2.68. The Morgan fingerprint density at radius 3 is 2.69 bits per heavy atom. The molecular weight excluding hydrogens is 195 g/mol. The molecule has 0 amide bonds. The number of anilines is 1. The van der Waals surface area contributed by atoms with E-state index in [0.717, 1.165) is 6.07 Å². The van der Waals surface area contributed by atoms with E-state index in [1.54, 1.807) is 0 Å². The largest absolute Gasteiger partial charge is 0.396 e. The molecule has 0 radical (unpaired) electrons. The van der Waals surface area contributed by atoms with Gasteiger partial charge in [0.15, 0.2) is 0 Å². The molecule has 0 aromatic heterocycles. The summed E-state index contributed by atoms with van der Waals surface area (Å²) >= 11 is 5.74. The van der Waals surface area contributed by atoms with Crippen LogP contribution in [-0.2, 0) is 0 Å². The third kappa shape index (κ3) is 2.09. The summed E-state index contributed by atoms with van der Waals surface area (Å²) < 4.78 is 12.9. The summed E-state index contributed by atoms with van der Waals surface area (Å²) in [4.78, 5) is 0. The topological polar surface area (TPSA) is 72.3 Å². The summed E-state index contributed by atoms with van der Waals surface area (Å²) in [6.07, 6.45) is 0. The van der Waals surface area contributed by atoms with E-state index in [9.17, 15) is 4.39 Å². The highest BCUT2D eigenvalue weighted by molar-refractivity contribution is 6.31. The highest BCUT2D eigenvalue weighted by atomic mass is 35.5. The van der Waals surface area contributed by atoms with Gasteiger partial charge < -0.3 is 16.6 Å². The van der Waals surface area contributed by atoms with Gasteiger partial charge in [0.25, 0.3) is 0 Å². The monoisotopic (exact) mass is 204 g/mol. The van der Waals surface area contributed by atoms with Gasteiger partial charge in [-0.05, 0) is 17.7 Å². The minimum Gasteiger partial charge on any atom is -0.396 e. The lowest BCUT2D eigenvalue weighted by Gasteiger charge is -2.11. The number of aliphatic hydroxyl groups is 1. The molecule has 0 aliphatic rings. The summed E-state index contributed by atoms with van der Waals surface area (Å²) in [7, 11) is 0. The molecule has 1 rings (SSSR count). The number of aliphatic hydroxyl groups excluding tert-OH is 1. The molecular formula is C8H10ClFN2O. The molecule has 0 spiro atoms. The molecule has 0 unspecified atom stereocenters. The lowest BCUT2D eigenvalue weighted by atomic mass is 10.1. The third-order valence-electron chi connectivity index (χ3n) is 1.71. The van der Waals surface area contributed by atoms with E-state index in [0.29, 0.717) is 5.56 Å². The van der Waals surface area contributed by atoms with Crippen LogP contribution in [0.2, 0.25) is 5.02 Å². The van der Waals surface area contributed by atoms with Crippen molar-refractivity contribution in [3.05, 3.63) is 28.5 Å². The summed E-state index contributed by atoms with van der Waals surface area (Å²) in [5.41, 5.74) is 11.1. The van der Waals surface area contributed by atoms with E-state index in [1.165, 1.54) is 6.07 Å². The van der Waals surface area contributed by atoms with Crippen LogP contribution in [0.4, 0.5) is 10.1 Å². The van der Waals surface area contributed by atoms with Gasteiger partial charge in [0, 0.05) is 5.02 Å². The zero-order valence-corrected chi connectivity index (χ0v) is 7.55. The van der Waals surface area contributed by atoms with Gasteiger partial charge in [-0.3, -0.25) is 0 Å². The molecule has 0 aliphatic heterocycles. The van der Waals surface area contributed by atoms with Crippen LogP contribution in [0.15, 0.2) is 12.1 Å². The van der Waals surface area contributed by atoms with Crippen molar-refractivity contribution in [2.75, 3.05) is 12.3 Å². The summed E-state index contributed by atoms with van der Waals surface area (Å²) in [5.74, 6) is -0.580.